The van der Waals surface area contributed by atoms with E-state index in [1.54, 1.807) is 18.2 Å². The molecule has 2 atom stereocenters. The van der Waals surface area contributed by atoms with E-state index < -0.39 is 24.0 Å². The third-order valence-corrected chi connectivity index (χ3v) is 4.16. The van der Waals surface area contributed by atoms with Gasteiger partial charge in [0, 0.05) is 18.4 Å². The Morgan fingerprint density at radius 1 is 1.38 bits per heavy atom. The van der Waals surface area contributed by atoms with Gasteiger partial charge in [0.05, 0.1) is 10.6 Å². The molecule has 0 bridgehead atoms. The Bertz CT molecular complexity index is 725. The predicted octanol–water partition coefficient (Wildman–Crippen LogP) is 1.86. The van der Waals surface area contributed by atoms with Crippen molar-refractivity contribution in [2.24, 2.45) is 0 Å². The smallest absolute Gasteiger partial charge is 0.326 e. The van der Waals surface area contributed by atoms with Crippen LogP contribution in [0.4, 0.5) is 0 Å². The zero-order valence-corrected chi connectivity index (χ0v) is 12.4. The molecule has 0 aliphatic carbocycles. The second-order valence-corrected chi connectivity index (χ2v) is 5.82. The number of halogens is 1. The zero-order chi connectivity index (χ0) is 15.1. The molecule has 2 N–H and O–H groups in total. The lowest BCUT2D eigenvalue weighted by molar-refractivity contribution is -0.141. The van der Waals surface area contributed by atoms with E-state index >= 15 is 0 Å². The molecule has 1 saturated heterocycles. The van der Waals surface area contributed by atoms with Crippen LogP contribution in [0.15, 0.2) is 33.2 Å². The van der Waals surface area contributed by atoms with Crippen molar-refractivity contribution in [3.63, 3.8) is 0 Å². The summed E-state index contributed by atoms with van der Waals surface area (Å²) in [5, 5.41) is 19.5. The Balaban J connectivity index is 1.96. The minimum absolute atomic E-state index is 0.00594. The van der Waals surface area contributed by atoms with Crippen molar-refractivity contribution in [3.8, 4) is 0 Å². The highest BCUT2D eigenvalue weighted by Gasteiger charge is 2.40. The Morgan fingerprint density at radius 3 is 2.81 bits per heavy atom. The first-order valence-corrected chi connectivity index (χ1v) is 7.16. The number of carbonyl (C=O) groups is 2. The number of para-hydroxylation sites is 1. The van der Waals surface area contributed by atoms with Gasteiger partial charge in [0.2, 0.25) is 0 Å². The molecule has 1 aromatic heterocycles. The van der Waals surface area contributed by atoms with Crippen LogP contribution in [0, 0.1) is 0 Å². The molecule has 2 heterocycles. The average Bonchev–Trinajstić information content (AvgIpc) is 3.02. The number of benzene rings is 1. The molecule has 0 saturated carbocycles. The molecule has 3 rings (SSSR count). The van der Waals surface area contributed by atoms with Gasteiger partial charge in [0.25, 0.3) is 5.91 Å². The quantitative estimate of drug-likeness (QED) is 0.859. The third-order valence-electron chi connectivity index (χ3n) is 3.53. The van der Waals surface area contributed by atoms with Crippen LogP contribution in [0.25, 0.3) is 11.0 Å². The lowest BCUT2D eigenvalue weighted by atomic mass is 10.2. The standard InChI is InChI=1S/C14H12BrNO5/c15-9-3-1-2-7-4-11(21-12(7)9)13(18)16-6-8(17)5-10(16)14(19)20/h1-4,8,10,17H,5-6H2,(H,19,20)/t8-,10-/m1/s1. The van der Waals surface area contributed by atoms with Gasteiger partial charge in [0.15, 0.2) is 5.76 Å². The van der Waals surface area contributed by atoms with Gasteiger partial charge in [-0.25, -0.2) is 4.79 Å². The number of hydrogen-bond acceptors (Lipinski definition) is 4. The van der Waals surface area contributed by atoms with Crippen LogP contribution in [0.2, 0.25) is 0 Å². The molecule has 7 heteroatoms. The fourth-order valence-corrected chi connectivity index (χ4v) is 3.01. The number of β-amino-alcohol motifs (C(OH)–C–C–N with tert-alkyl or cyclic N) is 1. The number of aliphatic carboxylic acids is 1. The van der Waals surface area contributed by atoms with Crippen LogP contribution in [0.1, 0.15) is 17.0 Å². The van der Waals surface area contributed by atoms with E-state index in [2.05, 4.69) is 15.9 Å². The molecule has 2 aromatic rings. The number of amides is 1. The van der Waals surface area contributed by atoms with Gasteiger partial charge in [-0.05, 0) is 28.1 Å². The van der Waals surface area contributed by atoms with Gasteiger partial charge in [-0.1, -0.05) is 12.1 Å². The van der Waals surface area contributed by atoms with E-state index in [0.717, 1.165) is 14.8 Å². The lowest BCUT2D eigenvalue weighted by Gasteiger charge is -2.19. The van der Waals surface area contributed by atoms with Crippen molar-refractivity contribution < 1.29 is 24.2 Å². The summed E-state index contributed by atoms with van der Waals surface area (Å²) in [7, 11) is 0. The zero-order valence-electron chi connectivity index (χ0n) is 10.8. The number of nitrogens with zero attached hydrogens (tertiary/aromatic N) is 1. The SMILES string of the molecule is O=C(O)[C@H]1C[C@@H](O)CN1C(=O)c1cc2cccc(Br)c2o1. The van der Waals surface area contributed by atoms with Crippen LogP contribution in [0.3, 0.4) is 0 Å². The van der Waals surface area contributed by atoms with Gasteiger partial charge in [-0.3, -0.25) is 4.79 Å². The Hall–Kier alpha value is -1.86. The molecule has 1 aromatic carbocycles. The van der Waals surface area contributed by atoms with Gasteiger partial charge in [-0.2, -0.15) is 0 Å². The number of likely N-dealkylation sites (tertiary alicyclic amines) is 1. The number of furan rings is 1. The Kier molecular flexibility index (Phi) is 3.46. The van der Waals surface area contributed by atoms with Crippen LogP contribution >= 0.6 is 15.9 Å². The van der Waals surface area contributed by atoms with Crippen molar-refractivity contribution in [2.75, 3.05) is 6.54 Å². The molecule has 1 fully saturated rings. The second-order valence-electron chi connectivity index (χ2n) is 4.97. The lowest BCUT2D eigenvalue weighted by Crippen LogP contribution is -2.40. The summed E-state index contributed by atoms with van der Waals surface area (Å²) in [5.74, 6) is -1.59. The third kappa shape index (κ3) is 2.43. The summed E-state index contributed by atoms with van der Waals surface area (Å²) in [4.78, 5) is 24.7. The molecule has 0 radical (unpaired) electrons. The van der Waals surface area contributed by atoms with Crippen LogP contribution in [0.5, 0.6) is 0 Å². The first-order valence-electron chi connectivity index (χ1n) is 6.37. The minimum atomic E-state index is -1.13. The highest BCUT2D eigenvalue weighted by molar-refractivity contribution is 9.10. The van der Waals surface area contributed by atoms with Gasteiger partial charge >= 0.3 is 5.97 Å². The van der Waals surface area contributed by atoms with Crippen molar-refractivity contribution in [3.05, 3.63) is 34.5 Å². The average molecular weight is 354 g/mol. The number of aliphatic hydroxyl groups excluding tert-OH is 1. The first-order chi connectivity index (χ1) is 9.97. The topological polar surface area (TPSA) is 91.0 Å². The molecular weight excluding hydrogens is 342 g/mol. The highest BCUT2D eigenvalue weighted by atomic mass is 79.9. The van der Waals surface area contributed by atoms with E-state index in [0.29, 0.717) is 5.58 Å². The predicted molar refractivity (Wildman–Crippen MR) is 77.0 cm³/mol. The van der Waals surface area contributed by atoms with Gasteiger partial charge in [-0.15, -0.1) is 0 Å². The van der Waals surface area contributed by atoms with Crippen molar-refractivity contribution in [1.82, 2.24) is 4.90 Å². The monoisotopic (exact) mass is 353 g/mol. The maximum absolute atomic E-state index is 12.4. The molecule has 110 valence electrons. The summed E-state index contributed by atoms with van der Waals surface area (Å²) < 4.78 is 6.24. The summed E-state index contributed by atoms with van der Waals surface area (Å²) in [5.41, 5.74) is 0.535. The van der Waals surface area contributed by atoms with Crippen molar-refractivity contribution in [1.29, 1.82) is 0 Å². The number of aliphatic hydroxyl groups is 1. The van der Waals surface area contributed by atoms with E-state index in [4.69, 9.17) is 9.52 Å². The maximum Gasteiger partial charge on any atom is 0.326 e. The van der Waals surface area contributed by atoms with Crippen LogP contribution < -0.4 is 0 Å². The Labute approximate surface area is 128 Å². The summed E-state index contributed by atoms with van der Waals surface area (Å²) >= 11 is 3.33. The minimum Gasteiger partial charge on any atom is -0.480 e. The summed E-state index contributed by atoms with van der Waals surface area (Å²) in [6, 6.07) is 5.96. The molecule has 6 nitrogen and oxygen atoms in total. The Morgan fingerprint density at radius 2 is 2.14 bits per heavy atom. The fourth-order valence-electron chi connectivity index (χ4n) is 2.55. The number of rotatable bonds is 2. The molecule has 1 amide bonds. The summed E-state index contributed by atoms with van der Waals surface area (Å²) in [6.45, 7) is -0.00594. The molecule has 1 aliphatic rings. The number of fused-ring (bicyclic) bond motifs is 1. The second kappa shape index (κ2) is 5.16. The largest absolute Gasteiger partial charge is 0.480 e. The number of carboxylic acids is 1. The van der Waals surface area contributed by atoms with Crippen LogP contribution in [-0.4, -0.2) is 45.7 Å². The molecule has 21 heavy (non-hydrogen) atoms. The molecule has 1 aliphatic heterocycles. The molecular formula is C14H12BrNO5. The number of carbonyl (C=O) groups excluding carboxylic acids is 1. The van der Waals surface area contributed by atoms with Crippen LogP contribution in [-0.2, 0) is 4.79 Å². The van der Waals surface area contributed by atoms with Crippen molar-refractivity contribution in [2.45, 2.75) is 18.6 Å². The van der Waals surface area contributed by atoms with E-state index in [9.17, 15) is 14.7 Å². The van der Waals surface area contributed by atoms with E-state index in [1.807, 2.05) is 6.07 Å². The number of carboxylic acid groups (broad SMARTS) is 1. The highest BCUT2D eigenvalue weighted by Crippen LogP contribution is 2.29. The molecule has 0 unspecified atom stereocenters. The summed E-state index contributed by atoms with van der Waals surface area (Å²) in [6.07, 6.45) is -0.795. The normalized spacial score (nSPS) is 21.9. The van der Waals surface area contributed by atoms with E-state index in [-0.39, 0.29) is 18.7 Å². The van der Waals surface area contributed by atoms with E-state index in [1.165, 1.54) is 0 Å². The molecule has 0 spiro atoms. The van der Waals surface area contributed by atoms with Gasteiger partial charge in [0.1, 0.15) is 11.6 Å². The maximum atomic E-state index is 12.4. The fraction of sp³-hybridized carbons (Fsp3) is 0.286. The first kappa shape index (κ1) is 14.1. The van der Waals surface area contributed by atoms with Crippen molar-refractivity contribution >= 4 is 38.8 Å². The number of hydrogen-bond donors (Lipinski definition) is 2. The van der Waals surface area contributed by atoms with Gasteiger partial charge < -0.3 is 19.5 Å².